The Labute approximate surface area is 184 Å². The number of nitrogens with one attached hydrogen (secondary N) is 1. The molecule has 1 aliphatic rings. The van der Waals surface area contributed by atoms with Gasteiger partial charge in [0.2, 0.25) is 5.91 Å². The Balaban J connectivity index is 1.67. The summed E-state index contributed by atoms with van der Waals surface area (Å²) < 4.78 is 4.72. The molecule has 2 heterocycles. The Morgan fingerprint density at radius 2 is 1.97 bits per heavy atom. The first kappa shape index (κ1) is 22.7. The van der Waals surface area contributed by atoms with Crippen LogP contribution in [-0.4, -0.2) is 57.7 Å². The number of amides is 3. The number of rotatable bonds is 6. The van der Waals surface area contributed by atoms with Crippen molar-refractivity contribution in [2.45, 2.75) is 51.5 Å². The summed E-state index contributed by atoms with van der Waals surface area (Å²) in [6, 6.07) is 6.68. The van der Waals surface area contributed by atoms with E-state index < -0.39 is 30.3 Å². The van der Waals surface area contributed by atoms with E-state index in [1.54, 1.807) is 16.8 Å². The first-order valence-electron chi connectivity index (χ1n) is 9.92. The number of aromatic nitrogens is 1. The van der Waals surface area contributed by atoms with Gasteiger partial charge >= 0.3 is 6.09 Å². The highest BCUT2D eigenvalue weighted by molar-refractivity contribution is 7.13. The molecule has 1 unspecified atom stereocenters. The lowest BCUT2D eigenvalue weighted by Crippen LogP contribution is -2.50. The molecule has 1 saturated heterocycles. The first-order valence-corrected chi connectivity index (χ1v) is 10.8. The monoisotopic (exact) mass is 446 g/mol. The predicted octanol–water partition coefficient (Wildman–Crippen LogP) is 1.74. The second kappa shape index (κ2) is 9.44. The maximum atomic E-state index is 12.9. The van der Waals surface area contributed by atoms with Gasteiger partial charge in [-0.2, -0.15) is 0 Å². The molecular formula is C21H26N4O5S. The van der Waals surface area contributed by atoms with Crippen molar-refractivity contribution in [1.29, 1.82) is 0 Å². The maximum Gasteiger partial charge on any atom is 0.405 e. The number of primary amides is 1. The third-order valence-electron chi connectivity index (χ3n) is 5.28. The summed E-state index contributed by atoms with van der Waals surface area (Å²) in [6.07, 6.45) is -2.94. The fourth-order valence-electron chi connectivity index (χ4n) is 3.66. The largest absolute Gasteiger partial charge is 0.437 e. The molecule has 0 spiro atoms. The third kappa shape index (κ3) is 5.20. The highest BCUT2D eigenvalue weighted by Gasteiger charge is 2.41. The van der Waals surface area contributed by atoms with Gasteiger partial charge in [-0.25, -0.2) is 9.78 Å². The van der Waals surface area contributed by atoms with Crippen molar-refractivity contribution in [2.75, 3.05) is 6.54 Å². The summed E-state index contributed by atoms with van der Waals surface area (Å²) in [5.74, 6) is -0.960. The number of aliphatic hydroxyl groups is 1. The van der Waals surface area contributed by atoms with Crippen molar-refractivity contribution in [1.82, 2.24) is 15.2 Å². The van der Waals surface area contributed by atoms with E-state index in [2.05, 4.69) is 10.3 Å². The molecule has 4 atom stereocenters. The summed E-state index contributed by atoms with van der Waals surface area (Å²) in [5, 5.41) is 12.9. The van der Waals surface area contributed by atoms with Crippen molar-refractivity contribution in [3.05, 3.63) is 41.0 Å². The molecule has 166 valence electrons. The Morgan fingerprint density at radius 1 is 1.29 bits per heavy atom. The SMILES string of the molecule is Cc1ncsc1-c1ccc([C@H](C)NC(=O)[C@@H]2C[C@@H](O)CN2C(=O)C(C)OC(N)=O)cc1. The normalized spacial score (nSPS) is 20.2. The Kier molecular flexibility index (Phi) is 6.91. The van der Waals surface area contributed by atoms with Gasteiger partial charge in [0.25, 0.3) is 5.91 Å². The standard InChI is InChI=1S/C21H26N4O5S/c1-11(14-4-6-15(7-5-14)18-12(2)23-10-31-18)24-19(27)17-8-16(26)9-25(17)20(28)13(3)30-21(22)29/h4-7,10-11,13,16-17,26H,8-9H2,1-3H3,(H2,22,29)(H,24,27)/t11-,13?,16+,17-/m0/s1. The van der Waals surface area contributed by atoms with Gasteiger partial charge < -0.3 is 25.8 Å². The van der Waals surface area contributed by atoms with Gasteiger partial charge in [-0.15, -0.1) is 11.3 Å². The van der Waals surface area contributed by atoms with Gasteiger partial charge in [0, 0.05) is 13.0 Å². The Bertz CT molecular complexity index is 961. The number of thiazole rings is 1. The Morgan fingerprint density at radius 3 is 2.55 bits per heavy atom. The molecule has 1 fully saturated rings. The van der Waals surface area contributed by atoms with Crippen molar-refractivity contribution in [3.8, 4) is 10.4 Å². The molecule has 10 heteroatoms. The fourth-order valence-corrected chi connectivity index (χ4v) is 4.47. The quantitative estimate of drug-likeness (QED) is 0.619. The zero-order valence-corrected chi connectivity index (χ0v) is 18.4. The van der Waals surface area contributed by atoms with Gasteiger partial charge in [-0.3, -0.25) is 9.59 Å². The summed E-state index contributed by atoms with van der Waals surface area (Å²) in [6.45, 7) is 5.17. The lowest BCUT2D eigenvalue weighted by Gasteiger charge is -2.27. The van der Waals surface area contributed by atoms with E-state index in [-0.39, 0.29) is 24.9 Å². The minimum atomic E-state index is -1.14. The number of hydrogen-bond donors (Lipinski definition) is 3. The summed E-state index contributed by atoms with van der Waals surface area (Å²) in [4.78, 5) is 43.0. The van der Waals surface area contributed by atoms with Crippen LogP contribution >= 0.6 is 11.3 Å². The van der Waals surface area contributed by atoms with E-state index >= 15 is 0 Å². The van der Waals surface area contributed by atoms with Crippen LogP contribution in [0.4, 0.5) is 4.79 Å². The number of β-amino-alcohol motifs (C(OH)–C–C–N with tert-alkyl or cyclic N) is 1. The van der Waals surface area contributed by atoms with Crippen LogP contribution in [0.1, 0.15) is 37.6 Å². The van der Waals surface area contributed by atoms with Gasteiger partial charge in [0.15, 0.2) is 6.10 Å². The second-order valence-electron chi connectivity index (χ2n) is 7.59. The molecule has 0 radical (unpaired) electrons. The molecule has 9 nitrogen and oxygen atoms in total. The Hall–Kier alpha value is -2.98. The molecule has 2 aromatic rings. The molecule has 4 N–H and O–H groups in total. The molecule has 3 rings (SSSR count). The van der Waals surface area contributed by atoms with E-state index in [0.717, 1.165) is 21.7 Å². The number of aryl methyl sites for hydroxylation is 1. The molecule has 1 aromatic heterocycles. The molecule has 0 aliphatic carbocycles. The lowest BCUT2D eigenvalue weighted by atomic mass is 10.0. The fraction of sp³-hybridized carbons (Fsp3) is 0.429. The third-order valence-corrected chi connectivity index (χ3v) is 6.26. The highest BCUT2D eigenvalue weighted by atomic mass is 32.1. The molecule has 1 aromatic carbocycles. The van der Waals surface area contributed by atoms with Crippen LogP contribution in [0.3, 0.4) is 0 Å². The van der Waals surface area contributed by atoms with Crippen LogP contribution < -0.4 is 11.1 Å². The van der Waals surface area contributed by atoms with Crippen molar-refractivity contribution in [2.24, 2.45) is 5.73 Å². The number of carbonyl (C=O) groups excluding carboxylic acids is 3. The zero-order valence-electron chi connectivity index (χ0n) is 17.6. The smallest absolute Gasteiger partial charge is 0.405 e. The summed E-state index contributed by atoms with van der Waals surface area (Å²) >= 11 is 1.57. The van der Waals surface area contributed by atoms with Gasteiger partial charge in [0.1, 0.15) is 6.04 Å². The molecule has 0 saturated carbocycles. The van der Waals surface area contributed by atoms with E-state index in [4.69, 9.17) is 10.5 Å². The average molecular weight is 447 g/mol. The van der Waals surface area contributed by atoms with Gasteiger partial charge in [0.05, 0.1) is 28.2 Å². The van der Waals surface area contributed by atoms with Crippen LogP contribution in [0.25, 0.3) is 10.4 Å². The van der Waals surface area contributed by atoms with E-state index in [1.807, 2.05) is 38.1 Å². The van der Waals surface area contributed by atoms with Gasteiger partial charge in [-0.05, 0) is 31.9 Å². The second-order valence-corrected chi connectivity index (χ2v) is 8.45. The van der Waals surface area contributed by atoms with Crippen molar-refractivity contribution in [3.63, 3.8) is 0 Å². The van der Waals surface area contributed by atoms with Crippen LogP contribution in [0.2, 0.25) is 0 Å². The number of benzene rings is 1. The highest BCUT2D eigenvalue weighted by Crippen LogP contribution is 2.28. The predicted molar refractivity (Wildman–Crippen MR) is 115 cm³/mol. The minimum Gasteiger partial charge on any atom is -0.437 e. The van der Waals surface area contributed by atoms with Crippen molar-refractivity contribution >= 4 is 29.2 Å². The molecular weight excluding hydrogens is 420 g/mol. The molecule has 0 bridgehead atoms. The van der Waals surface area contributed by atoms with E-state index in [0.29, 0.717) is 0 Å². The van der Waals surface area contributed by atoms with E-state index in [9.17, 15) is 19.5 Å². The molecule has 3 amide bonds. The lowest BCUT2D eigenvalue weighted by molar-refractivity contribution is -0.144. The zero-order chi connectivity index (χ0) is 22.7. The number of nitrogens with two attached hydrogens (primary N) is 1. The first-order chi connectivity index (χ1) is 14.7. The van der Waals surface area contributed by atoms with Crippen molar-refractivity contribution < 1.29 is 24.2 Å². The minimum absolute atomic E-state index is 0.0132. The maximum absolute atomic E-state index is 12.9. The number of hydrogen-bond acceptors (Lipinski definition) is 7. The number of nitrogens with zero attached hydrogens (tertiary/aromatic N) is 2. The van der Waals surface area contributed by atoms with E-state index in [1.165, 1.54) is 11.8 Å². The van der Waals surface area contributed by atoms with Crippen LogP contribution in [0, 0.1) is 6.92 Å². The average Bonchev–Trinajstić information content (AvgIpc) is 3.32. The van der Waals surface area contributed by atoms with Gasteiger partial charge in [-0.1, -0.05) is 24.3 Å². The van der Waals surface area contributed by atoms with Crippen LogP contribution in [0.15, 0.2) is 29.8 Å². The number of ether oxygens (including phenoxy) is 1. The molecule has 1 aliphatic heterocycles. The number of carbonyl (C=O) groups is 3. The number of aliphatic hydroxyl groups excluding tert-OH is 1. The van der Waals surface area contributed by atoms with Crippen LogP contribution in [0.5, 0.6) is 0 Å². The van der Waals surface area contributed by atoms with Crippen LogP contribution in [-0.2, 0) is 14.3 Å². The topological polar surface area (TPSA) is 135 Å². The number of likely N-dealkylation sites (tertiary alicyclic amines) is 1. The molecule has 31 heavy (non-hydrogen) atoms. The summed E-state index contributed by atoms with van der Waals surface area (Å²) in [7, 11) is 0. The summed E-state index contributed by atoms with van der Waals surface area (Å²) in [5.41, 5.74) is 9.70.